The van der Waals surface area contributed by atoms with Gasteiger partial charge < -0.3 is 15.3 Å². The fourth-order valence-electron chi connectivity index (χ4n) is 3.02. The number of benzene rings is 1. The van der Waals surface area contributed by atoms with Gasteiger partial charge in [-0.05, 0) is 63.0 Å². The molecule has 2 rings (SSSR count). The van der Waals surface area contributed by atoms with Crippen molar-refractivity contribution in [2.75, 3.05) is 32.4 Å². The molecule has 1 aliphatic rings. The molecule has 23 heavy (non-hydrogen) atoms. The third kappa shape index (κ3) is 6.22. The van der Waals surface area contributed by atoms with E-state index in [4.69, 9.17) is 0 Å². The Hall–Kier alpha value is -0.950. The summed E-state index contributed by atoms with van der Waals surface area (Å²) in [6, 6.07) is 7.07. The average molecular weight is 340 g/mol. The number of sulfone groups is 1. The highest BCUT2D eigenvalue weighted by atomic mass is 32.2. The first-order valence-electron chi connectivity index (χ1n) is 8.24. The topological polar surface area (TPSA) is 69.6 Å². The average Bonchev–Trinajstić information content (AvgIpc) is 2.48. The molecule has 0 unspecified atom stereocenters. The monoisotopic (exact) mass is 340 g/mol. The van der Waals surface area contributed by atoms with E-state index in [9.17, 15) is 13.5 Å². The highest BCUT2D eigenvalue weighted by molar-refractivity contribution is 7.90. The van der Waals surface area contributed by atoms with Crippen molar-refractivity contribution in [1.29, 1.82) is 0 Å². The zero-order valence-electron chi connectivity index (χ0n) is 14.0. The molecule has 130 valence electrons. The molecule has 1 aliphatic heterocycles. The lowest BCUT2D eigenvalue weighted by Crippen LogP contribution is -2.40. The van der Waals surface area contributed by atoms with Gasteiger partial charge in [-0.25, -0.2) is 8.42 Å². The molecule has 0 bridgehead atoms. The summed E-state index contributed by atoms with van der Waals surface area (Å²) in [6.07, 6.45) is 3.29. The summed E-state index contributed by atoms with van der Waals surface area (Å²) in [7, 11) is -3.11. The summed E-state index contributed by atoms with van der Waals surface area (Å²) < 4.78 is 22.8. The van der Waals surface area contributed by atoms with E-state index in [0.717, 1.165) is 51.1 Å². The maximum Gasteiger partial charge on any atom is 0.175 e. The molecule has 0 amide bonds. The lowest BCUT2D eigenvalue weighted by atomic mass is 9.96. The molecule has 0 aliphatic carbocycles. The lowest BCUT2D eigenvalue weighted by Gasteiger charge is -2.32. The Kier molecular flexibility index (Phi) is 6.59. The molecule has 1 saturated heterocycles. The quantitative estimate of drug-likeness (QED) is 0.782. The lowest BCUT2D eigenvalue weighted by molar-refractivity contribution is 0.0998. The van der Waals surface area contributed by atoms with Crippen molar-refractivity contribution < 1.29 is 13.5 Å². The van der Waals surface area contributed by atoms with E-state index >= 15 is 0 Å². The number of nitrogens with one attached hydrogen (secondary N) is 1. The second-order valence-electron chi connectivity index (χ2n) is 6.64. The van der Waals surface area contributed by atoms with Gasteiger partial charge in [-0.2, -0.15) is 0 Å². The van der Waals surface area contributed by atoms with Crippen LogP contribution in [0.25, 0.3) is 0 Å². The maximum atomic E-state index is 11.4. The molecule has 1 fully saturated rings. The van der Waals surface area contributed by atoms with Crippen LogP contribution in [0.2, 0.25) is 0 Å². The summed E-state index contributed by atoms with van der Waals surface area (Å²) in [5, 5.41) is 12.9. The van der Waals surface area contributed by atoms with Crippen molar-refractivity contribution in [1.82, 2.24) is 10.2 Å². The zero-order valence-corrected chi connectivity index (χ0v) is 14.8. The fourth-order valence-corrected chi connectivity index (χ4v) is 3.65. The Morgan fingerprint density at radius 3 is 2.39 bits per heavy atom. The highest BCUT2D eigenvalue weighted by Gasteiger charge is 2.19. The number of piperidine rings is 1. The summed E-state index contributed by atoms with van der Waals surface area (Å²) in [4.78, 5) is 2.69. The SMILES string of the molecule is C[C@H](O)CN1CCC(CNCc2ccc(S(C)(=O)=O)cc2)CC1. The van der Waals surface area contributed by atoms with E-state index < -0.39 is 9.84 Å². The second-order valence-corrected chi connectivity index (χ2v) is 8.66. The van der Waals surface area contributed by atoms with Crippen LogP contribution in [0.15, 0.2) is 29.2 Å². The van der Waals surface area contributed by atoms with Gasteiger partial charge in [-0.3, -0.25) is 0 Å². The van der Waals surface area contributed by atoms with Crippen LogP contribution in [0.5, 0.6) is 0 Å². The number of rotatable bonds is 7. The molecule has 0 spiro atoms. The van der Waals surface area contributed by atoms with Gasteiger partial charge in [-0.1, -0.05) is 12.1 Å². The smallest absolute Gasteiger partial charge is 0.175 e. The summed E-state index contributed by atoms with van der Waals surface area (Å²) >= 11 is 0. The molecule has 1 heterocycles. The van der Waals surface area contributed by atoms with E-state index in [0.29, 0.717) is 10.8 Å². The minimum absolute atomic E-state index is 0.250. The largest absolute Gasteiger partial charge is 0.392 e. The standard InChI is InChI=1S/C17H28N2O3S/c1-14(20)13-19-9-7-16(8-10-19)12-18-11-15-3-5-17(6-4-15)23(2,21)22/h3-6,14,16,18,20H,7-13H2,1-2H3/t14-/m0/s1. The molecule has 0 radical (unpaired) electrons. The number of aliphatic hydroxyl groups is 1. The summed E-state index contributed by atoms with van der Waals surface area (Å²) in [5.74, 6) is 0.676. The minimum Gasteiger partial charge on any atom is -0.392 e. The van der Waals surface area contributed by atoms with Crippen LogP contribution in [0.1, 0.15) is 25.3 Å². The third-order valence-corrected chi connectivity index (χ3v) is 5.47. The molecule has 5 nitrogen and oxygen atoms in total. The van der Waals surface area contributed by atoms with Gasteiger partial charge in [0.1, 0.15) is 0 Å². The number of aliphatic hydroxyl groups excluding tert-OH is 1. The zero-order chi connectivity index (χ0) is 16.9. The van der Waals surface area contributed by atoms with E-state index in [1.54, 1.807) is 12.1 Å². The first-order chi connectivity index (χ1) is 10.8. The van der Waals surface area contributed by atoms with Crippen LogP contribution in [0, 0.1) is 5.92 Å². The Balaban J connectivity index is 1.70. The van der Waals surface area contributed by atoms with Crippen LogP contribution in [-0.2, 0) is 16.4 Å². The molecule has 2 N–H and O–H groups in total. The Bertz CT molecular complexity index is 576. The van der Waals surface area contributed by atoms with Crippen molar-refractivity contribution in [3.63, 3.8) is 0 Å². The number of likely N-dealkylation sites (tertiary alicyclic amines) is 1. The number of hydrogen-bond donors (Lipinski definition) is 2. The predicted molar refractivity (Wildman–Crippen MR) is 92.1 cm³/mol. The van der Waals surface area contributed by atoms with Gasteiger partial charge in [0.2, 0.25) is 0 Å². The molecule has 1 atom stereocenters. The predicted octanol–water partition coefficient (Wildman–Crippen LogP) is 1.27. The van der Waals surface area contributed by atoms with Crippen LogP contribution in [-0.4, -0.2) is 57.0 Å². The van der Waals surface area contributed by atoms with Crippen LogP contribution in [0.3, 0.4) is 0 Å². The number of β-amino-alcohol motifs (C(OH)–C–C–N with tert-alkyl or cyclic N) is 1. The Morgan fingerprint density at radius 1 is 1.26 bits per heavy atom. The Morgan fingerprint density at radius 2 is 1.87 bits per heavy atom. The minimum atomic E-state index is -3.11. The number of hydrogen-bond acceptors (Lipinski definition) is 5. The van der Waals surface area contributed by atoms with Gasteiger partial charge in [0, 0.05) is 19.3 Å². The van der Waals surface area contributed by atoms with E-state index in [2.05, 4.69) is 10.2 Å². The van der Waals surface area contributed by atoms with Gasteiger partial charge in [0.15, 0.2) is 9.84 Å². The molecular formula is C17H28N2O3S. The van der Waals surface area contributed by atoms with Crippen molar-refractivity contribution in [2.24, 2.45) is 5.92 Å². The first-order valence-corrected chi connectivity index (χ1v) is 10.1. The molecule has 0 aromatic heterocycles. The first kappa shape index (κ1) is 18.4. The van der Waals surface area contributed by atoms with Crippen molar-refractivity contribution in [3.8, 4) is 0 Å². The van der Waals surface area contributed by atoms with Crippen molar-refractivity contribution in [2.45, 2.75) is 37.3 Å². The highest BCUT2D eigenvalue weighted by Crippen LogP contribution is 2.17. The second kappa shape index (κ2) is 8.24. The van der Waals surface area contributed by atoms with Crippen molar-refractivity contribution in [3.05, 3.63) is 29.8 Å². The van der Waals surface area contributed by atoms with E-state index in [1.165, 1.54) is 6.26 Å². The molecular weight excluding hydrogens is 312 g/mol. The van der Waals surface area contributed by atoms with Gasteiger partial charge >= 0.3 is 0 Å². The molecule has 0 saturated carbocycles. The number of nitrogens with zero attached hydrogens (tertiary/aromatic N) is 1. The third-order valence-electron chi connectivity index (χ3n) is 4.34. The fraction of sp³-hybridized carbons (Fsp3) is 0.647. The van der Waals surface area contributed by atoms with Gasteiger partial charge in [0.05, 0.1) is 11.0 Å². The van der Waals surface area contributed by atoms with E-state index in [-0.39, 0.29) is 6.10 Å². The normalized spacial score (nSPS) is 18.9. The summed E-state index contributed by atoms with van der Waals surface area (Å²) in [5.41, 5.74) is 1.10. The molecule has 1 aromatic carbocycles. The van der Waals surface area contributed by atoms with Gasteiger partial charge in [0.25, 0.3) is 0 Å². The van der Waals surface area contributed by atoms with Crippen LogP contribution in [0.4, 0.5) is 0 Å². The molecule has 6 heteroatoms. The van der Waals surface area contributed by atoms with E-state index in [1.807, 2.05) is 19.1 Å². The van der Waals surface area contributed by atoms with Gasteiger partial charge in [-0.15, -0.1) is 0 Å². The Labute approximate surface area is 139 Å². The van der Waals surface area contributed by atoms with Crippen LogP contribution >= 0.6 is 0 Å². The van der Waals surface area contributed by atoms with Crippen LogP contribution < -0.4 is 5.32 Å². The van der Waals surface area contributed by atoms with Crippen molar-refractivity contribution >= 4 is 9.84 Å². The molecule has 1 aromatic rings. The summed E-state index contributed by atoms with van der Waals surface area (Å²) in [6.45, 7) is 6.46. The maximum absolute atomic E-state index is 11.4.